The van der Waals surface area contributed by atoms with Crippen molar-refractivity contribution in [3.8, 4) is 17.1 Å². The van der Waals surface area contributed by atoms with Gasteiger partial charge in [0.1, 0.15) is 28.2 Å². The number of nitrogens with one attached hydrogen (secondary N) is 1. The maximum absolute atomic E-state index is 13.3. The van der Waals surface area contributed by atoms with Gasteiger partial charge in [0.25, 0.3) is 0 Å². The quantitative estimate of drug-likeness (QED) is 0.604. The molecule has 4 aliphatic carbocycles. The molecule has 6 heteroatoms. The van der Waals surface area contributed by atoms with Crippen molar-refractivity contribution in [2.75, 3.05) is 7.11 Å². The normalized spacial score (nSPS) is 27.8. The molecule has 7 rings (SSSR count). The lowest BCUT2D eigenvalue weighted by atomic mass is 9.54. The number of hydrogen-bond donors (Lipinski definition) is 1. The fourth-order valence-corrected chi connectivity index (χ4v) is 6.92. The van der Waals surface area contributed by atoms with Gasteiger partial charge < -0.3 is 18.9 Å². The topological polar surface area (TPSA) is 81.7 Å². The Morgan fingerprint density at radius 2 is 1.70 bits per heavy atom. The maximum atomic E-state index is 13.3. The van der Waals surface area contributed by atoms with Crippen LogP contribution in [0.4, 0.5) is 0 Å². The summed E-state index contributed by atoms with van der Waals surface area (Å²) < 4.78 is 16.7. The van der Waals surface area contributed by atoms with Gasteiger partial charge in [0.2, 0.25) is 5.91 Å². The van der Waals surface area contributed by atoms with Gasteiger partial charge in [-0.1, -0.05) is 0 Å². The highest BCUT2D eigenvalue weighted by molar-refractivity contribution is 5.92. The van der Waals surface area contributed by atoms with Crippen LogP contribution in [-0.4, -0.2) is 19.1 Å². The highest BCUT2D eigenvalue weighted by atomic mass is 16.5. The molecule has 2 aromatic heterocycles. The molecule has 1 amide bonds. The Morgan fingerprint density at radius 1 is 1.03 bits per heavy atom. The van der Waals surface area contributed by atoms with E-state index in [-0.39, 0.29) is 18.4 Å². The fourth-order valence-electron chi connectivity index (χ4n) is 6.92. The van der Waals surface area contributed by atoms with Gasteiger partial charge in [-0.15, -0.1) is 0 Å². The highest BCUT2D eigenvalue weighted by Crippen LogP contribution is 2.53. The molecule has 6 nitrogen and oxygen atoms in total. The van der Waals surface area contributed by atoms with E-state index in [1.165, 1.54) is 32.1 Å². The Kier molecular flexibility index (Phi) is 4.86. The van der Waals surface area contributed by atoms with Crippen LogP contribution in [0.15, 0.2) is 44.0 Å². The molecule has 0 aliphatic heterocycles. The van der Waals surface area contributed by atoms with E-state index in [4.69, 9.17) is 13.6 Å². The summed E-state index contributed by atoms with van der Waals surface area (Å²) in [7, 11) is 1.62. The number of rotatable bonds is 5. The number of aryl methyl sites for hydroxylation is 1. The molecule has 4 saturated carbocycles. The number of ether oxygens (including phenoxy) is 1. The molecule has 0 radical (unpaired) electrons. The summed E-state index contributed by atoms with van der Waals surface area (Å²) in [4.78, 5) is 26.1. The Morgan fingerprint density at radius 3 is 2.33 bits per heavy atom. The van der Waals surface area contributed by atoms with E-state index >= 15 is 0 Å². The molecule has 4 aliphatic rings. The van der Waals surface area contributed by atoms with E-state index < -0.39 is 5.63 Å². The van der Waals surface area contributed by atoms with E-state index in [1.54, 1.807) is 20.1 Å². The van der Waals surface area contributed by atoms with Crippen LogP contribution in [0.3, 0.4) is 0 Å². The molecular formula is C27H29NO5. The predicted molar refractivity (Wildman–Crippen MR) is 124 cm³/mol. The Bertz CT molecular complexity index is 1240. The summed E-state index contributed by atoms with van der Waals surface area (Å²) >= 11 is 0. The van der Waals surface area contributed by atoms with Crippen LogP contribution in [0, 0.1) is 30.6 Å². The summed E-state index contributed by atoms with van der Waals surface area (Å²) in [6.45, 7) is 1.72. The van der Waals surface area contributed by atoms with Crippen molar-refractivity contribution in [3.05, 3.63) is 52.1 Å². The first-order chi connectivity index (χ1) is 16.0. The van der Waals surface area contributed by atoms with Crippen LogP contribution in [-0.2, 0) is 11.2 Å². The fraction of sp³-hybridized carbons (Fsp3) is 0.481. The first-order valence-corrected chi connectivity index (χ1v) is 12.0. The summed E-state index contributed by atoms with van der Waals surface area (Å²) in [6.07, 6.45) is 6.44. The van der Waals surface area contributed by atoms with Gasteiger partial charge >= 0.3 is 5.63 Å². The molecule has 1 N–H and O–H groups in total. The van der Waals surface area contributed by atoms with Gasteiger partial charge in [-0.05, 0) is 87.0 Å². The molecule has 0 spiro atoms. The van der Waals surface area contributed by atoms with Gasteiger partial charge in [-0.2, -0.15) is 0 Å². The Labute approximate surface area is 192 Å². The van der Waals surface area contributed by atoms with Gasteiger partial charge in [0.15, 0.2) is 0 Å². The SMILES string of the molecule is COc1ccc(-c2oc3cc(C)oc(=O)c3c2CC(=O)NC2C3CC4CC(C3)CC2C4)cc1. The smallest absolute Gasteiger partial charge is 0.347 e. The van der Waals surface area contributed by atoms with Crippen molar-refractivity contribution in [1.82, 2.24) is 5.32 Å². The third-order valence-corrected chi connectivity index (χ3v) is 8.07. The number of fused-ring (bicyclic) bond motifs is 1. The zero-order chi connectivity index (χ0) is 22.7. The molecule has 33 heavy (non-hydrogen) atoms. The molecule has 172 valence electrons. The minimum Gasteiger partial charge on any atom is -0.497 e. The average molecular weight is 448 g/mol. The second-order valence-electron chi connectivity index (χ2n) is 10.2. The summed E-state index contributed by atoms with van der Waals surface area (Å²) in [5.74, 6) is 4.59. The number of furan rings is 1. The average Bonchev–Trinajstić information content (AvgIpc) is 3.14. The third-order valence-electron chi connectivity index (χ3n) is 8.07. The second-order valence-corrected chi connectivity index (χ2v) is 10.2. The van der Waals surface area contributed by atoms with E-state index in [0.717, 1.165) is 23.1 Å². The zero-order valence-corrected chi connectivity index (χ0v) is 19.1. The van der Waals surface area contributed by atoms with Crippen molar-refractivity contribution < 1.29 is 18.4 Å². The van der Waals surface area contributed by atoms with Gasteiger partial charge in [0, 0.05) is 23.2 Å². The van der Waals surface area contributed by atoms with Crippen LogP contribution in [0.5, 0.6) is 5.75 Å². The number of hydrogen-bond acceptors (Lipinski definition) is 5. The predicted octanol–water partition coefficient (Wildman–Crippen LogP) is 4.85. The van der Waals surface area contributed by atoms with Crippen molar-refractivity contribution >= 4 is 16.9 Å². The van der Waals surface area contributed by atoms with E-state index in [9.17, 15) is 9.59 Å². The van der Waals surface area contributed by atoms with Crippen LogP contribution in [0.25, 0.3) is 22.3 Å². The summed E-state index contributed by atoms with van der Waals surface area (Å²) in [5, 5.41) is 3.71. The van der Waals surface area contributed by atoms with Crippen LogP contribution < -0.4 is 15.7 Å². The van der Waals surface area contributed by atoms with Crippen molar-refractivity contribution in [3.63, 3.8) is 0 Å². The highest BCUT2D eigenvalue weighted by Gasteiger charge is 2.48. The number of amides is 1. The molecule has 0 unspecified atom stereocenters. The molecule has 3 aromatic rings. The standard InChI is InChI=1S/C27H29NO5/c1-14-7-22-24(27(30)32-14)21(26(33-22)17-3-5-20(31-2)6-4-17)13-23(29)28-25-18-9-15-8-16(11-18)12-19(25)10-15/h3-7,15-16,18-19,25H,8-13H2,1-2H3,(H,28,29). The minimum atomic E-state index is -0.467. The van der Waals surface area contributed by atoms with Crippen LogP contribution >= 0.6 is 0 Å². The van der Waals surface area contributed by atoms with Crippen molar-refractivity contribution in [1.29, 1.82) is 0 Å². The van der Waals surface area contributed by atoms with E-state index in [0.29, 0.717) is 39.9 Å². The zero-order valence-electron chi connectivity index (χ0n) is 19.1. The lowest BCUT2D eigenvalue weighted by molar-refractivity contribution is -0.124. The Hall–Kier alpha value is -3.02. The van der Waals surface area contributed by atoms with Crippen molar-refractivity contribution in [2.24, 2.45) is 23.7 Å². The first kappa shape index (κ1) is 20.6. The molecule has 4 fully saturated rings. The van der Waals surface area contributed by atoms with Gasteiger partial charge in [-0.25, -0.2) is 4.79 Å². The molecule has 2 heterocycles. The number of methoxy groups -OCH3 is 1. The number of benzene rings is 1. The van der Waals surface area contributed by atoms with E-state index in [2.05, 4.69) is 5.32 Å². The first-order valence-electron chi connectivity index (χ1n) is 12.0. The molecular weight excluding hydrogens is 418 g/mol. The number of carbonyl (C=O) groups excluding carboxylic acids is 1. The van der Waals surface area contributed by atoms with Crippen LogP contribution in [0.1, 0.15) is 43.4 Å². The second kappa shape index (κ2) is 7.79. The largest absolute Gasteiger partial charge is 0.497 e. The summed E-state index contributed by atoms with van der Waals surface area (Å²) in [6, 6.07) is 9.41. The summed E-state index contributed by atoms with van der Waals surface area (Å²) in [5.41, 5.74) is 1.37. The van der Waals surface area contributed by atoms with Gasteiger partial charge in [-0.3, -0.25) is 4.79 Å². The molecule has 0 saturated heterocycles. The monoisotopic (exact) mass is 447 g/mol. The Balaban J connectivity index is 1.33. The van der Waals surface area contributed by atoms with E-state index in [1.807, 2.05) is 24.3 Å². The number of carbonyl (C=O) groups is 1. The maximum Gasteiger partial charge on any atom is 0.347 e. The minimum absolute atomic E-state index is 0.0510. The third kappa shape index (κ3) is 3.56. The molecule has 1 aromatic carbocycles. The lowest BCUT2D eigenvalue weighted by Gasteiger charge is -2.54. The van der Waals surface area contributed by atoms with Crippen LogP contribution in [0.2, 0.25) is 0 Å². The lowest BCUT2D eigenvalue weighted by Crippen LogP contribution is -2.56. The molecule has 0 atom stereocenters. The molecule has 4 bridgehead atoms. The van der Waals surface area contributed by atoms with Crippen molar-refractivity contribution in [2.45, 2.75) is 51.5 Å². The van der Waals surface area contributed by atoms with Gasteiger partial charge in [0.05, 0.1) is 13.5 Å².